The molecule has 0 saturated heterocycles. The van der Waals surface area contributed by atoms with Gasteiger partial charge >= 0.3 is 0 Å². The van der Waals surface area contributed by atoms with Crippen molar-refractivity contribution >= 4 is 11.6 Å². The van der Waals surface area contributed by atoms with Crippen LogP contribution in [0, 0.1) is 5.82 Å². The van der Waals surface area contributed by atoms with Crippen molar-refractivity contribution in [2.45, 2.75) is 32.0 Å². The summed E-state index contributed by atoms with van der Waals surface area (Å²) in [5, 5.41) is 10.1. The fraction of sp³-hybridized carbons (Fsp3) is 0.333. The number of hydrogen-bond acceptors (Lipinski definition) is 3. The maximum Gasteiger partial charge on any atom is 0.241 e. The lowest BCUT2D eigenvalue weighted by Gasteiger charge is -2.05. The van der Waals surface area contributed by atoms with E-state index in [4.69, 9.17) is 0 Å². The smallest absolute Gasteiger partial charge is 0.241 e. The minimum absolute atomic E-state index is 0.0266. The molecule has 2 N–H and O–H groups in total. The molecule has 1 aromatic carbocycles. The first-order chi connectivity index (χ1) is 10.2. The summed E-state index contributed by atoms with van der Waals surface area (Å²) in [6, 6.07) is 6.98. The molecule has 5 nitrogen and oxygen atoms in total. The largest absolute Gasteiger partial charge is 0.378 e. The van der Waals surface area contributed by atoms with Crippen LogP contribution in [0.25, 0.3) is 0 Å². The molecule has 1 heterocycles. The maximum atomic E-state index is 13.5. The first kappa shape index (κ1) is 13.6. The van der Waals surface area contributed by atoms with Gasteiger partial charge in [0.1, 0.15) is 12.4 Å². The van der Waals surface area contributed by atoms with Crippen molar-refractivity contribution in [3.8, 4) is 0 Å². The Bertz CT molecular complexity index is 636. The van der Waals surface area contributed by atoms with Crippen LogP contribution in [0.5, 0.6) is 0 Å². The molecule has 1 aromatic heterocycles. The predicted octanol–water partition coefficient (Wildman–Crippen LogP) is 1.91. The Hall–Kier alpha value is -2.37. The Morgan fingerprint density at radius 3 is 2.95 bits per heavy atom. The molecule has 1 aliphatic rings. The summed E-state index contributed by atoms with van der Waals surface area (Å²) in [7, 11) is 0. The van der Waals surface area contributed by atoms with Crippen molar-refractivity contribution in [1.29, 1.82) is 0 Å². The van der Waals surface area contributed by atoms with E-state index in [1.807, 2.05) is 0 Å². The highest BCUT2D eigenvalue weighted by Crippen LogP contribution is 2.18. The molecule has 0 atom stereocenters. The van der Waals surface area contributed by atoms with Gasteiger partial charge in [0.25, 0.3) is 0 Å². The van der Waals surface area contributed by atoms with Gasteiger partial charge in [0.15, 0.2) is 0 Å². The molecule has 0 radical (unpaired) electrons. The average Bonchev–Trinajstić information content (AvgIpc) is 3.16. The lowest BCUT2D eigenvalue weighted by molar-refractivity contribution is -0.122. The highest BCUT2D eigenvalue weighted by atomic mass is 19.1. The Labute approximate surface area is 122 Å². The fourth-order valence-corrected chi connectivity index (χ4v) is 2.03. The minimum Gasteiger partial charge on any atom is -0.378 e. The van der Waals surface area contributed by atoms with E-state index in [-0.39, 0.29) is 18.3 Å². The third-order valence-corrected chi connectivity index (χ3v) is 3.32. The standard InChI is InChI=1S/C15H17FN4O/c16-14-4-2-1-3-11(14)7-17-13-8-18-20(9-13)10-15(21)19-12-5-6-12/h1-4,8-9,12,17H,5-7,10H2,(H,19,21). The molecule has 1 aliphatic carbocycles. The van der Waals surface area contributed by atoms with E-state index in [2.05, 4.69) is 15.7 Å². The second kappa shape index (κ2) is 5.95. The number of nitrogens with zero attached hydrogens (tertiary/aromatic N) is 2. The monoisotopic (exact) mass is 288 g/mol. The molecule has 1 fully saturated rings. The quantitative estimate of drug-likeness (QED) is 0.853. The van der Waals surface area contributed by atoms with Crippen LogP contribution in [-0.2, 0) is 17.9 Å². The summed E-state index contributed by atoms with van der Waals surface area (Å²) in [5.74, 6) is -0.262. The molecular formula is C15H17FN4O. The van der Waals surface area contributed by atoms with Gasteiger partial charge in [-0.15, -0.1) is 0 Å². The van der Waals surface area contributed by atoms with Gasteiger partial charge in [-0.1, -0.05) is 18.2 Å². The zero-order valence-electron chi connectivity index (χ0n) is 11.6. The SMILES string of the molecule is O=C(Cn1cc(NCc2ccccc2F)cn1)NC1CC1. The molecule has 0 spiro atoms. The molecule has 0 aliphatic heterocycles. The van der Waals surface area contributed by atoms with Gasteiger partial charge in [-0.3, -0.25) is 9.48 Å². The number of nitrogens with one attached hydrogen (secondary N) is 2. The lowest BCUT2D eigenvalue weighted by Crippen LogP contribution is -2.29. The van der Waals surface area contributed by atoms with Crippen LogP contribution in [0.15, 0.2) is 36.7 Å². The van der Waals surface area contributed by atoms with Gasteiger partial charge in [0.05, 0.1) is 11.9 Å². The van der Waals surface area contributed by atoms with Gasteiger partial charge in [-0.2, -0.15) is 5.10 Å². The second-order valence-corrected chi connectivity index (χ2v) is 5.21. The van der Waals surface area contributed by atoms with E-state index in [1.54, 1.807) is 35.3 Å². The Kier molecular flexibility index (Phi) is 3.85. The predicted molar refractivity (Wildman–Crippen MR) is 77.1 cm³/mol. The van der Waals surface area contributed by atoms with E-state index < -0.39 is 0 Å². The topological polar surface area (TPSA) is 59.0 Å². The normalized spacial score (nSPS) is 14.0. The lowest BCUT2D eigenvalue weighted by atomic mass is 10.2. The number of rotatable bonds is 6. The molecule has 0 bridgehead atoms. The van der Waals surface area contributed by atoms with Crippen LogP contribution < -0.4 is 10.6 Å². The summed E-state index contributed by atoms with van der Waals surface area (Å²) in [5.41, 5.74) is 1.36. The van der Waals surface area contributed by atoms with E-state index >= 15 is 0 Å². The summed E-state index contributed by atoms with van der Waals surface area (Å²) < 4.78 is 15.1. The third-order valence-electron chi connectivity index (χ3n) is 3.32. The number of aromatic nitrogens is 2. The van der Waals surface area contributed by atoms with Gasteiger partial charge in [-0.05, 0) is 18.9 Å². The van der Waals surface area contributed by atoms with Crippen molar-refractivity contribution in [3.63, 3.8) is 0 Å². The molecule has 110 valence electrons. The summed E-state index contributed by atoms with van der Waals surface area (Å²) in [6.07, 6.45) is 5.51. The number of anilines is 1. The first-order valence-electron chi connectivity index (χ1n) is 7.00. The van der Waals surface area contributed by atoms with Gasteiger partial charge < -0.3 is 10.6 Å². The summed E-state index contributed by atoms with van der Waals surface area (Å²) in [4.78, 5) is 11.7. The number of benzene rings is 1. The Morgan fingerprint density at radius 2 is 2.19 bits per heavy atom. The molecule has 6 heteroatoms. The highest BCUT2D eigenvalue weighted by Gasteiger charge is 2.23. The molecule has 2 aromatic rings. The van der Waals surface area contributed by atoms with Gasteiger partial charge in [0, 0.05) is 24.3 Å². The van der Waals surface area contributed by atoms with Crippen molar-refractivity contribution in [2.75, 3.05) is 5.32 Å². The maximum absolute atomic E-state index is 13.5. The summed E-state index contributed by atoms with van der Waals surface area (Å²) >= 11 is 0. The van der Waals surface area contributed by atoms with Crippen molar-refractivity contribution in [1.82, 2.24) is 15.1 Å². The number of hydrogen-bond donors (Lipinski definition) is 2. The number of carbonyl (C=O) groups excluding carboxylic acids is 1. The summed E-state index contributed by atoms with van der Waals surface area (Å²) in [6.45, 7) is 0.588. The van der Waals surface area contributed by atoms with Gasteiger partial charge in [-0.25, -0.2) is 4.39 Å². The van der Waals surface area contributed by atoms with Crippen LogP contribution in [0.1, 0.15) is 18.4 Å². The number of amides is 1. The van der Waals surface area contributed by atoms with E-state index in [1.165, 1.54) is 6.07 Å². The molecule has 3 rings (SSSR count). The molecular weight excluding hydrogens is 271 g/mol. The van der Waals surface area contributed by atoms with Crippen LogP contribution >= 0.6 is 0 Å². The zero-order chi connectivity index (χ0) is 14.7. The number of carbonyl (C=O) groups is 1. The highest BCUT2D eigenvalue weighted by molar-refractivity contribution is 5.76. The van der Waals surface area contributed by atoms with E-state index in [0.29, 0.717) is 18.2 Å². The van der Waals surface area contributed by atoms with E-state index in [0.717, 1.165) is 18.5 Å². The van der Waals surface area contributed by atoms with Crippen molar-refractivity contribution in [3.05, 3.63) is 48.0 Å². The van der Waals surface area contributed by atoms with Crippen LogP contribution in [0.2, 0.25) is 0 Å². The van der Waals surface area contributed by atoms with Crippen LogP contribution in [0.4, 0.5) is 10.1 Å². The molecule has 1 amide bonds. The van der Waals surface area contributed by atoms with Gasteiger partial charge in [0.2, 0.25) is 5.91 Å². The van der Waals surface area contributed by atoms with Crippen molar-refractivity contribution < 1.29 is 9.18 Å². The molecule has 1 saturated carbocycles. The van der Waals surface area contributed by atoms with Crippen LogP contribution in [-0.4, -0.2) is 21.7 Å². The van der Waals surface area contributed by atoms with Crippen LogP contribution in [0.3, 0.4) is 0 Å². The second-order valence-electron chi connectivity index (χ2n) is 5.21. The fourth-order valence-electron chi connectivity index (χ4n) is 2.03. The Balaban J connectivity index is 1.52. The molecule has 0 unspecified atom stereocenters. The van der Waals surface area contributed by atoms with E-state index in [9.17, 15) is 9.18 Å². The molecule has 21 heavy (non-hydrogen) atoms. The first-order valence-corrected chi connectivity index (χ1v) is 7.00. The van der Waals surface area contributed by atoms with Crippen molar-refractivity contribution in [2.24, 2.45) is 0 Å². The average molecular weight is 288 g/mol. The minimum atomic E-state index is -0.235. The zero-order valence-corrected chi connectivity index (χ0v) is 11.6. The number of halogens is 1. The Morgan fingerprint density at radius 1 is 1.38 bits per heavy atom. The third kappa shape index (κ3) is 3.81.